The van der Waals surface area contributed by atoms with Crippen LogP contribution in [0.15, 0.2) is 24.3 Å². The molecular formula is C16H24N2O3S. The van der Waals surface area contributed by atoms with Crippen molar-refractivity contribution in [1.82, 2.24) is 5.32 Å². The van der Waals surface area contributed by atoms with E-state index in [-0.39, 0.29) is 35.4 Å². The first-order valence-electron chi connectivity index (χ1n) is 7.50. The zero-order chi connectivity index (χ0) is 16.4. The van der Waals surface area contributed by atoms with E-state index in [4.69, 9.17) is 0 Å². The van der Waals surface area contributed by atoms with Gasteiger partial charge in [-0.2, -0.15) is 0 Å². The predicted molar refractivity (Wildman–Crippen MR) is 88.8 cm³/mol. The van der Waals surface area contributed by atoms with Crippen molar-refractivity contribution in [3.8, 4) is 0 Å². The highest BCUT2D eigenvalue weighted by molar-refractivity contribution is 7.91. The normalized spacial score (nSPS) is 20.8. The van der Waals surface area contributed by atoms with E-state index in [9.17, 15) is 13.2 Å². The fourth-order valence-electron chi connectivity index (χ4n) is 2.45. The summed E-state index contributed by atoms with van der Waals surface area (Å²) in [6.45, 7) is 6.54. The number of hydrogen-bond donors (Lipinski definition) is 2. The molecule has 1 aromatic rings. The van der Waals surface area contributed by atoms with E-state index in [0.29, 0.717) is 6.42 Å². The summed E-state index contributed by atoms with van der Waals surface area (Å²) >= 11 is 0. The molecule has 0 bridgehead atoms. The highest BCUT2D eigenvalue weighted by Crippen LogP contribution is 2.23. The Hall–Kier alpha value is -1.40. The van der Waals surface area contributed by atoms with Gasteiger partial charge in [0.05, 0.1) is 18.1 Å². The van der Waals surface area contributed by atoms with Crippen molar-refractivity contribution in [2.75, 3.05) is 23.4 Å². The molecule has 22 heavy (non-hydrogen) atoms. The Labute approximate surface area is 132 Å². The maximum Gasteiger partial charge on any atom is 0.238 e. The molecule has 1 aromatic carbocycles. The van der Waals surface area contributed by atoms with E-state index in [0.717, 1.165) is 5.69 Å². The second-order valence-electron chi connectivity index (χ2n) is 6.86. The summed E-state index contributed by atoms with van der Waals surface area (Å²) in [5.41, 5.74) is 2.04. The van der Waals surface area contributed by atoms with Gasteiger partial charge in [0.25, 0.3) is 0 Å². The second kappa shape index (κ2) is 6.38. The molecule has 1 aliphatic heterocycles. The summed E-state index contributed by atoms with van der Waals surface area (Å²) in [5, 5.41) is 5.82. The highest BCUT2D eigenvalue weighted by atomic mass is 32.2. The van der Waals surface area contributed by atoms with Crippen molar-refractivity contribution >= 4 is 21.4 Å². The Kier molecular flexibility index (Phi) is 4.92. The molecule has 1 heterocycles. The molecule has 0 radical (unpaired) electrons. The minimum atomic E-state index is -2.92. The van der Waals surface area contributed by atoms with E-state index in [1.807, 2.05) is 24.3 Å². The lowest BCUT2D eigenvalue weighted by Crippen LogP contribution is -2.36. The Morgan fingerprint density at radius 2 is 1.86 bits per heavy atom. The zero-order valence-corrected chi connectivity index (χ0v) is 14.2. The number of hydrogen-bond acceptors (Lipinski definition) is 4. The standard InChI is InChI=1S/C16H24N2O3S/c1-16(2,3)12-4-6-13(7-5-12)18-15(19)10-17-14-8-9-22(20,21)11-14/h4-7,14,17H,8-11H2,1-3H3,(H,18,19). The van der Waals surface area contributed by atoms with Crippen LogP contribution in [0.4, 0.5) is 5.69 Å². The topological polar surface area (TPSA) is 75.3 Å². The van der Waals surface area contributed by atoms with Crippen molar-refractivity contribution in [2.45, 2.75) is 38.6 Å². The van der Waals surface area contributed by atoms with Crippen LogP contribution in [0.1, 0.15) is 32.8 Å². The Balaban J connectivity index is 1.82. The van der Waals surface area contributed by atoms with Gasteiger partial charge in [0, 0.05) is 11.7 Å². The summed E-state index contributed by atoms with van der Waals surface area (Å²) in [4.78, 5) is 11.9. The molecule has 6 heteroatoms. The number of anilines is 1. The van der Waals surface area contributed by atoms with Crippen molar-refractivity contribution in [3.63, 3.8) is 0 Å². The van der Waals surface area contributed by atoms with E-state index in [1.54, 1.807) is 0 Å². The Morgan fingerprint density at radius 1 is 1.23 bits per heavy atom. The number of benzene rings is 1. The van der Waals surface area contributed by atoms with E-state index >= 15 is 0 Å². The molecule has 2 rings (SSSR count). The molecule has 0 aliphatic carbocycles. The Morgan fingerprint density at radius 3 is 2.36 bits per heavy atom. The van der Waals surface area contributed by atoms with Gasteiger partial charge in [0.1, 0.15) is 0 Å². The number of carbonyl (C=O) groups is 1. The molecule has 1 fully saturated rings. The molecule has 1 atom stereocenters. The van der Waals surface area contributed by atoms with E-state index in [1.165, 1.54) is 5.56 Å². The van der Waals surface area contributed by atoms with E-state index < -0.39 is 9.84 Å². The first-order valence-corrected chi connectivity index (χ1v) is 9.32. The molecular weight excluding hydrogens is 300 g/mol. The van der Waals surface area contributed by atoms with Crippen LogP contribution in [0.5, 0.6) is 0 Å². The quantitative estimate of drug-likeness (QED) is 0.884. The van der Waals surface area contributed by atoms with Gasteiger partial charge in [0.2, 0.25) is 5.91 Å². The maximum absolute atomic E-state index is 11.9. The lowest BCUT2D eigenvalue weighted by Gasteiger charge is -2.19. The van der Waals surface area contributed by atoms with Crippen LogP contribution in [-0.4, -0.2) is 38.4 Å². The van der Waals surface area contributed by atoms with Gasteiger partial charge in [0.15, 0.2) is 9.84 Å². The minimum Gasteiger partial charge on any atom is -0.325 e. The summed E-state index contributed by atoms with van der Waals surface area (Å²) in [7, 11) is -2.92. The van der Waals surface area contributed by atoms with Crippen LogP contribution < -0.4 is 10.6 Å². The first kappa shape index (κ1) is 17.0. The van der Waals surface area contributed by atoms with Crippen LogP contribution in [0.3, 0.4) is 0 Å². The molecule has 1 amide bonds. The van der Waals surface area contributed by atoms with Gasteiger partial charge >= 0.3 is 0 Å². The molecule has 2 N–H and O–H groups in total. The smallest absolute Gasteiger partial charge is 0.238 e. The van der Waals surface area contributed by atoms with Crippen LogP contribution in [0, 0.1) is 0 Å². The number of nitrogens with one attached hydrogen (secondary N) is 2. The molecule has 0 spiro atoms. The second-order valence-corrected chi connectivity index (χ2v) is 9.09. The lowest BCUT2D eigenvalue weighted by atomic mass is 9.87. The van der Waals surface area contributed by atoms with Gasteiger partial charge in [-0.05, 0) is 29.5 Å². The third-order valence-electron chi connectivity index (χ3n) is 3.82. The SMILES string of the molecule is CC(C)(C)c1ccc(NC(=O)CNC2CCS(=O)(=O)C2)cc1. The van der Waals surface area contributed by atoms with E-state index in [2.05, 4.69) is 31.4 Å². The summed E-state index contributed by atoms with van der Waals surface area (Å²) < 4.78 is 22.7. The number of amides is 1. The summed E-state index contributed by atoms with van der Waals surface area (Å²) in [5.74, 6) is 0.175. The molecule has 1 saturated heterocycles. The molecule has 0 aromatic heterocycles. The third-order valence-corrected chi connectivity index (χ3v) is 5.59. The third kappa shape index (κ3) is 4.81. The largest absolute Gasteiger partial charge is 0.325 e. The fraction of sp³-hybridized carbons (Fsp3) is 0.562. The predicted octanol–water partition coefficient (Wildman–Crippen LogP) is 1.70. The molecule has 1 unspecified atom stereocenters. The van der Waals surface area contributed by atoms with Gasteiger partial charge in [-0.3, -0.25) is 4.79 Å². The first-order chi connectivity index (χ1) is 10.2. The van der Waals surface area contributed by atoms with Crippen molar-refractivity contribution in [2.24, 2.45) is 0 Å². The van der Waals surface area contributed by atoms with Gasteiger partial charge in [-0.1, -0.05) is 32.9 Å². The van der Waals surface area contributed by atoms with Gasteiger partial charge < -0.3 is 10.6 Å². The Bertz CT molecular complexity index is 630. The minimum absolute atomic E-state index is 0.0814. The van der Waals surface area contributed by atoms with Crippen LogP contribution in [0.25, 0.3) is 0 Å². The van der Waals surface area contributed by atoms with Gasteiger partial charge in [-0.25, -0.2) is 8.42 Å². The van der Waals surface area contributed by atoms with Gasteiger partial charge in [-0.15, -0.1) is 0 Å². The summed E-state index contributed by atoms with van der Waals surface area (Å²) in [6, 6.07) is 7.68. The van der Waals surface area contributed by atoms with Crippen LogP contribution in [-0.2, 0) is 20.0 Å². The van der Waals surface area contributed by atoms with Crippen molar-refractivity contribution in [3.05, 3.63) is 29.8 Å². The monoisotopic (exact) mass is 324 g/mol. The average Bonchev–Trinajstić information content (AvgIpc) is 2.76. The average molecular weight is 324 g/mol. The highest BCUT2D eigenvalue weighted by Gasteiger charge is 2.27. The maximum atomic E-state index is 11.9. The lowest BCUT2D eigenvalue weighted by molar-refractivity contribution is -0.115. The molecule has 1 aliphatic rings. The number of sulfone groups is 1. The van der Waals surface area contributed by atoms with Crippen LogP contribution in [0.2, 0.25) is 0 Å². The van der Waals surface area contributed by atoms with Crippen LogP contribution >= 0.6 is 0 Å². The number of carbonyl (C=O) groups excluding carboxylic acids is 1. The van der Waals surface area contributed by atoms with Crippen molar-refractivity contribution < 1.29 is 13.2 Å². The molecule has 122 valence electrons. The fourth-order valence-corrected chi connectivity index (χ4v) is 4.16. The summed E-state index contributed by atoms with van der Waals surface area (Å²) in [6.07, 6.45) is 0.579. The number of rotatable bonds is 4. The van der Waals surface area contributed by atoms with Crippen molar-refractivity contribution in [1.29, 1.82) is 0 Å². The molecule has 0 saturated carbocycles. The molecule has 5 nitrogen and oxygen atoms in total. The zero-order valence-electron chi connectivity index (χ0n) is 13.3.